The van der Waals surface area contributed by atoms with Gasteiger partial charge >= 0.3 is 0 Å². The Hall–Kier alpha value is -2.24. The first-order chi connectivity index (χ1) is 7.20. The van der Waals surface area contributed by atoms with Crippen molar-refractivity contribution in [3.63, 3.8) is 0 Å². The van der Waals surface area contributed by atoms with Gasteiger partial charge in [0.05, 0.1) is 11.8 Å². The molecule has 0 aliphatic heterocycles. The number of rotatable bonds is 2. The van der Waals surface area contributed by atoms with E-state index in [0.29, 0.717) is 4.85 Å². The highest BCUT2D eigenvalue weighted by atomic mass is 19.1. The number of carbonyl (C=O) groups excluding carboxylic acids is 1. The smallest absolute Gasteiger partial charge is 0.219 e. The first-order valence-electron chi connectivity index (χ1n) is 4.09. The Kier molecular flexibility index (Phi) is 2.17. The van der Waals surface area contributed by atoms with Crippen molar-refractivity contribution in [1.29, 1.82) is 0 Å². The van der Waals surface area contributed by atoms with Gasteiger partial charge in [0, 0.05) is 0 Å². The lowest BCUT2D eigenvalue weighted by molar-refractivity contribution is 0.0940. The summed E-state index contributed by atoms with van der Waals surface area (Å²) in [7, 11) is 0. The maximum absolute atomic E-state index is 13.2. The summed E-state index contributed by atoms with van der Waals surface area (Å²) < 4.78 is 13.2. The van der Waals surface area contributed by atoms with Gasteiger partial charge in [0.1, 0.15) is 5.82 Å². The SMILES string of the molecule is O=C(c1ccccc1F)c1cnnn1O. The van der Waals surface area contributed by atoms with Crippen LogP contribution in [-0.2, 0) is 0 Å². The Morgan fingerprint density at radius 1 is 1.40 bits per heavy atom. The van der Waals surface area contributed by atoms with E-state index in [1.54, 1.807) is 0 Å². The number of halogens is 1. The topological polar surface area (TPSA) is 68.0 Å². The van der Waals surface area contributed by atoms with Gasteiger partial charge in [0.25, 0.3) is 0 Å². The van der Waals surface area contributed by atoms with Crippen LogP contribution in [0.4, 0.5) is 4.39 Å². The van der Waals surface area contributed by atoms with E-state index in [1.165, 1.54) is 24.3 Å². The van der Waals surface area contributed by atoms with Crippen LogP contribution in [0.5, 0.6) is 0 Å². The van der Waals surface area contributed by atoms with Gasteiger partial charge in [0.2, 0.25) is 5.78 Å². The standard InChI is InChI=1S/C9H6FN3O2/c10-7-4-2-1-3-6(7)9(14)8-5-11-12-13(8)15/h1-5,15H. The molecule has 0 amide bonds. The molecule has 0 aliphatic carbocycles. The highest BCUT2D eigenvalue weighted by molar-refractivity contribution is 6.07. The summed E-state index contributed by atoms with van der Waals surface area (Å²) in [6.45, 7) is 0. The molecule has 1 N–H and O–H groups in total. The first-order valence-corrected chi connectivity index (χ1v) is 4.09. The van der Waals surface area contributed by atoms with Gasteiger partial charge in [-0.3, -0.25) is 4.79 Å². The fraction of sp³-hybridized carbons (Fsp3) is 0. The third kappa shape index (κ3) is 1.56. The second-order valence-corrected chi connectivity index (χ2v) is 2.82. The van der Waals surface area contributed by atoms with Crippen molar-refractivity contribution < 1.29 is 14.4 Å². The van der Waals surface area contributed by atoms with E-state index in [4.69, 9.17) is 5.21 Å². The lowest BCUT2D eigenvalue weighted by Crippen LogP contribution is -2.10. The molecule has 0 saturated carbocycles. The van der Waals surface area contributed by atoms with Crippen LogP contribution in [-0.4, -0.2) is 26.1 Å². The number of aromatic nitrogens is 3. The zero-order valence-electron chi connectivity index (χ0n) is 7.46. The van der Waals surface area contributed by atoms with Gasteiger partial charge < -0.3 is 5.21 Å². The van der Waals surface area contributed by atoms with E-state index in [-0.39, 0.29) is 11.3 Å². The molecule has 0 atom stereocenters. The van der Waals surface area contributed by atoms with Crippen LogP contribution in [0.25, 0.3) is 0 Å². The van der Waals surface area contributed by atoms with E-state index in [0.717, 1.165) is 6.20 Å². The number of ketones is 1. The molecular formula is C9H6FN3O2. The minimum absolute atomic E-state index is 0.130. The molecule has 2 aromatic rings. The summed E-state index contributed by atoms with van der Waals surface area (Å²) in [5, 5.41) is 15.6. The fourth-order valence-corrected chi connectivity index (χ4v) is 1.16. The highest BCUT2D eigenvalue weighted by Gasteiger charge is 2.18. The van der Waals surface area contributed by atoms with Crippen molar-refractivity contribution in [1.82, 2.24) is 15.2 Å². The highest BCUT2D eigenvalue weighted by Crippen LogP contribution is 2.11. The summed E-state index contributed by atoms with van der Waals surface area (Å²) in [6, 6.07) is 5.49. The Morgan fingerprint density at radius 3 is 2.73 bits per heavy atom. The van der Waals surface area contributed by atoms with Crippen LogP contribution in [0.15, 0.2) is 30.5 Å². The molecule has 0 radical (unpaired) electrons. The zero-order chi connectivity index (χ0) is 10.8. The predicted octanol–water partition coefficient (Wildman–Crippen LogP) is 0.885. The molecule has 15 heavy (non-hydrogen) atoms. The Bertz CT molecular complexity index is 510. The molecular weight excluding hydrogens is 201 g/mol. The van der Waals surface area contributed by atoms with E-state index in [1.807, 2.05) is 0 Å². The van der Waals surface area contributed by atoms with Crippen molar-refractivity contribution in [3.05, 3.63) is 47.5 Å². The summed E-state index contributed by atoms with van der Waals surface area (Å²) in [4.78, 5) is 12.0. The number of benzene rings is 1. The maximum atomic E-state index is 13.2. The molecule has 0 unspecified atom stereocenters. The molecule has 5 nitrogen and oxygen atoms in total. The van der Waals surface area contributed by atoms with Crippen molar-refractivity contribution in [2.45, 2.75) is 0 Å². The number of nitrogens with zero attached hydrogens (tertiary/aromatic N) is 3. The van der Waals surface area contributed by atoms with Gasteiger partial charge in [-0.05, 0) is 17.3 Å². The molecule has 2 rings (SSSR count). The van der Waals surface area contributed by atoms with Crippen molar-refractivity contribution in [2.24, 2.45) is 0 Å². The minimum atomic E-state index is -0.666. The van der Waals surface area contributed by atoms with Gasteiger partial charge in [-0.1, -0.05) is 17.0 Å². The molecule has 1 aromatic heterocycles. The van der Waals surface area contributed by atoms with Crippen LogP contribution in [0.2, 0.25) is 0 Å². The molecule has 1 heterocycles. The van der Waals surface area contributed by atoms with E-state index < -0.39 is 11.6 Å². The lowest BCUT2D eigenvalue weighted by atomic mass is 10.1. The molecule has 1 aromatic carbocycles. The van der Waals surface area contributed by atoms with Crippen molar-refractivity contribution in [3.8, 4) is 0 Å². The molecule has 76 valence electrons. The van der Waals surface area contributed by atoms with Crippen LogP contribution in [0.1, 0.15) is 16.1 Å². The van der Waals surface area contributed by atoms with Gasteiger partial charge in [-0.15, -0.1) is 5.10 Å². The predicted molar refractivity (Wildman–Crippen MR) is 47.0 cm³/mol. The second-order valence-electron chi connectivity index (χ2n) is 2.82. The largest absolute Gasteiger partial charge is 0.410 e. The minimum Gasteiger partial charge on any atom is -0.410 e. The Morgan fingerprint density at radius 2 is 2.13 bits per heavy atom. The van der Waals surface area contributed by atoms with Crippen LogP contribution < -0.4 is 0 Å². The second kappa shape index (κ2) is 3.49. The normalized spacial score (nSPS) is 10.2. The Labute approximate surface area is 83.7 Å². The molecule has 0 bridgehead atoms. The van der Waals surface area contributed by atoms with Crippen molar-refractivity contribution in [2.75, 3.05) is 0 Å². The summed E-state index contributed by atoms with van der Waals surface area (Å²) in [6.07, 6.45) is 1.06. The molecule has 0 saturated heterocycles. The molecule has 0 fully saturated rings. The quantitative estimate of drug-likeness (QED) is 0.586. The van der Waals surface area contributed by atoms with Gasteiger partial charge in [-0.2, -0.15) is 0 Å². The molecule has 6 heteroatoms. The van der Waals surface area contributed by atoms with Gasteiger partial charge in [-0.25, -0.2) is 4.39 Å². The van der Waals surface area contributed by atoms with E-state index in [2.05, 4.69) is 10.3 Å². The van der Waals surface area contributed by atoms with Crippen LogP contribution >= 0.6 is 0 Å². The molecule has 0 spiro atoms. The monoisotopic (exact) mass is 207 g/mol. The Balaban J connectivity index is 2.46. The van der Waals surface area contributed by atoms with E-state index in [9.17, 15) is 9.18 Å². The average Bonchev–Trinajstić information content (AvgIpc) is 2.64. The lowest BCUT2D eigenvalue weighted by Gasteiger charge is -1.99. The summed E-state index contributed by atoms with van der Waals surface area (Å²) >= 11 is 0. The third-order valence-electron chi connectivity index (χ3n) is 1.88. The fourth-order valence-electron chi connectivity index (χ4n) is 1.16. The summed E-state index contributed by atoms with van der Waals surface area (Å²) in [5.74, 6) is -1.32. The van der Waals surface area contributed by atoms with E-state index >= 15 is 0 Å². The summed E-state index contributed by atoms with van der Waals surface area (Å²) in [5.41, 5.74) is -0.310. The third-order valence-corrected chi connectivity index (χ3v) is 1.88. The van der Waals surface area contributed by atoms with Crippen molar-refractivity contribution >= 4 is 5.78 Å². The average molecular weight is 207 g/mol. The zero-order valence-corrected chi connectivity index (χ0v) is 7.46. The maximum Gasteiger partial charge on any atom is 0.219 e. The van der Waals surface area contributed by atoms with Crippen LogP contribution in [0, 0.1) is 5.82 Å². The van der Waals surface area contributed by atoms with Gasteiger partial charge in [0.15, 0.2) is 5.69 Å². The molecule has 0 aliphatic rings. The first kappa shape index (κ1) is 9.32. The number of hydrogen-bond donors (Lipinski definition) is 1. The number of carbonyl (C=O) groups is 1. The van der Waals surface area contributed by atoms with Crippen LogP contribution in [0.3, 0.4) is 0 Å². The number of hydrogen-bond acceptors (Lipinski definition) is 4.